The van der Waals surface area contributed by atoms with E-state index in [4.69, 9.17) is 5.84 Å². The molecule has 0 saturated carbocycles. The number of benzene rings is 1. The zero-order chi connectivity index (χ0) is 13.1. The first-order valence-electron chi connectivity index (χ1n) is 5.59. The second kappa shape index (κ2) is 5.24. The minimum absolute atomic E-state index is 0.287. The highest BCUT2D eigenvalue weighted by Crippen LogP contribution is 2.23. The van der Waals surface area contributed by atoms with Crippen LogP contribution in [0.3, 0.4) is 0 Å². The smallest absolute Gasteiger partial charge is 0.131 e. The Kier molecular flexibility index (Phi) is 3.69. The molecule has 0 saturated heterocycles. The minimum Gasteiger partial charge on any atom is -0.273 e. The van der Waals surface area contributed by atoms with Gasteiger partial charge in [0.1, 0.15) is 11.6 Å². The van der Waals surface area contributed by atoms with E-state index in [0.717, 1.165) is 11.6 Å². The summed E-state index contributed by atoms with van der Waals surface area (Å²) in [6.45, 7) is 2.66. The van der Waals surface area contributed by atoms with Crippen molar-refractivity contribution in [2.24, 2.45) is 5.84 Å². The lowest BCUT2D eigenvalue weighted by atomic mass is 10.0. The second-order valence-corrected chi connectivity index (χ2v) is 3.89. The molecule has 1 unspecified atom stereocenters. The van der Waals surface area contributed by atoms with E-state index in [-0.39, 0.29) is 5.56 Å². The number of nitrogens with one attached hydrogen (secondary N) is 1. The third kappa shape index (κ3) is 2.39. The summed E-state index contributed by atoms with van der Waals surface area (Å²) in [4.78, 5) is 0. The van der Waals surface area contributed by atoms with Gasteiger partial charge < -0.3 is 0 Å². The standard InChI is InChI=1S/C12H14F2N4/c1-2-18-7-8(6-16-18)12(17-15)10-4-3-9(13)5-11(10)14/h3-7,12,17H,2,15H2,1H3. The van der Waals surface area contributed by atoms with Crippen molar-refractivity contribution in [3.05, 3.63) is 53.4 Å². The minimum atomic E-state index is -0.637. The number of aryl methyl sites for hydroxylation is 1. The van der Waals surface area contributed by atoms with Gasteiger partial charge >= 0.3 is 0 Å². The molecule has 1 aromatic heterocycles. The van der Waals surface area contributed by atoms with E-state index in [1.165, 1.54) is 12.1 Å². The monoisotopic (exact) mass is 252 g/mol. The van der Waals surface area contributed by atoms with E-state index in [9.17, 15) is 8.78 Å². The molecule has 0 fully saturated rings. The van der Waals surface area contributed by atoms with Crippen LogP contribution in [0.5, 0.6) is 0 Å². The fraction of sp³-hybridized carbons (Fsp3) is 0.250. The Balaban J connectivity index is 2.38. The van der Waals surface area contributed by atoms with Crippen LogP contribution in [-0.4, -0.2) is 9.78 Å². The van der Waals surface area contributed by atoms with Gasteiger partial charge in [-0.3, -0.25) is 10.5 Å². The highest BCUT2D eigenvalue weighted by Gasteiger charge is 2.18. The normalized spacial score (nSPS) is 12.7. The second-order valence-electron chi connectivity index (χ2n) is 3.89. The van der Waals surface area contributed by atoms with Gasteiger partial charge in [-0.25, -0.2) is 14.2 Å². The van der Waals surface area contributed by atoms with Crippen LogP contribution in [0.4, 0.5) is 8.78 Å². The third-order valence-electron chi connectivity index (χ3n) is 2.75. The lowest BCUT2D eigenvalue weighted by Crippen LogP contribution is -2.29. The maximum Gasteiger partial charge on any atom is 0.131 e. The van der Waals surface area contributed by atoms with Crippen molar-refractivity contribution in [3.63, 3.8) is 0 Å². The number of nitrogens with zero attached hydrogens (tertiary/aromatic N) is 2. The summed E-state index contributed by atoms with van der Waals surface area (Å²) in [7, 11) is 0. The molecular formula is C12H14F2N4. The Morgan fingerprint density at radius 2 is 2.22 bits per heavy atom. The van der Waals surface area contributed by atoms with Crippen molar-refractivity contribution in [2.45, 2.75) is 19.5 Å². The molecule has 0 spiro atoms. The third-order valence-corrected chi connectivity index (χ3v) is 2.75. The molecule has 0 aliphatic carbocycles. The number of halogens is 2. The fourth-order valence-electron chi connectivity index (χ4n) is 1.80. The topological polar surface area (TPSA) is 55.9 Å². The van der Waals surface area contributed by atoms with E-state index in [2.05, 4.69) is 10.5 Å². The number of nitrogens with two attached hydrogens (primary N) is 1. The first kappa shape index (κ1) is 12.7. The van der Waals surface area contributed by atoms with Gasteiger partial charge in [-0.2, -0.15) is 5.10 Å². The van der Waals surface area contributed by atoms with Gasteiger partial charge in [0.05, 0.1) is 12.2 Å². The Bertz CT molecular complexity index is 539. The summed E-state index contributed by atoms with van der Waals surface area (Å²) in [5.74, 6) is 4.20. The van der Waals surface area contributed by atoms with Crippen molar-refractivity contribution in [3.8, 4) is 0 Å². The average Bonchev–Trinajstić information content (AvgIpc) is 2.81. The SMILES string of the molecule is CCn1cc(C(NN)c2ccc(F)cc2F)cn1. The molecule has 1 heterocycles. The largest absolute Gasteiger partial charge is 0.273 e. The molecule has 3 N–H and O–H groups in total. The van der Waals surface area contributed by atoms with Crippen molar-refractivity contribution < 1.29 is 8.78 Å². The van der Waals surface area contributed by atoms with Gasteiger partial charge in [-0.15, -0.1) is 0 Å². The van der Waals surface area contributed by atoms with Crippen molar-refractivity contribution in [1.82, 2.24) is 15.2 Å². The van der Waals surface area contributed by atoms with Crippen LogP contribution in [0.15, 0.2) is 30.6 Å². The van der Waals surface area contributed by atoms with E-state index >= 15 is 0 Å². The van der Waals surface area contributed by atoms with Gasteiger partial charge in [0.2, 0.25) is 0 Å². The van der Waals surface area contributed by atoms with Crippen LogP contribution in [0.25, 0.3) is 0 Å². The number of rotatable bonds is 4. The maximum absolute atomic E-state index is 13.7. The summed E-state index contributed by atoms with van der Waals surface area (Å²) in [5.41, 5.74) is 3.53. The Morgan fingerprint density at radius 3 is 2.78 bits per heavy atom. The lowest BCUT2D eigenvalue weighted by Gasteiger charge is -2.15. The van der Waals surface area contributed by atoms with Gasteiger partial charge in [0.25, 0.3) is 0 Å². The zero-order valence-corrected chi connectivity index (χ0v) is 9.90. The van der Waals surface area contributed by atoms with Gasteiger partial charge in [-0.05, 0) is 13.0 Å². The Labute approximate surface area is 103 Å². The molecule has 0 aliphatic heterocycles. The molecule has 0 bridgehead atoms. The molecule has 2 aromatic rings. The predicted octanol–water partition coefficient (Wildman–Crippen LogP) is 1.73. The van der Waals surface area contributed by atoms with E-state index < -0.39 is 17.7 Å². The molecule has 0 amide bonds. The summed E-state index contributed by atoms with van der Waals surface area (Å²) in [6.07, 6.45) is 3.38. The summed E-state index contributed by atoms with van der Waals surface area (Å²) < 4.78 is 28.3. The molecule has 0 radical (unpaired) electrons. The molecule has 18 heavy (non-hydrogen) atoms. The Hall–Kier alpha value is -1.79. The maximum atomic E-state index is 13.7. The summed E-state index contributed by atoms with van der Waals surface area (Å²) in [6, 6.07) is 2.86. The fourth-order valence-corrected chi connectivity index (χ4v) is 1.80. The molecule has 0 aliphatic rings. The Morgan fingerprint density at radius 1 is 1.44 bits per heavy atom. The van der Waals surface area contributed by atoms with Crippen molar-refractivity contribution in [2.75, 3.05) is 0 Å². The first-order chi connectivity index (χ1) is 8.65. The summed E-state index contributed by atoms with van der Waals surface area (Å²) in [5, 5.41) is 4.10. The molecule has 96 valence electrons. The molecule has 2 rings (SSSR count). The van der Waals surface area contributed by atoms with Crippen molar-refractivity contribution in [1.29, 1.82) is 0 Å². The average molecular weight is 252 g/mol. The first-order valence-corrected chi connectivity index (χ1v) is 5.59. The molecular weight excluding hydrogens is 238 g/mol. The van der Waals surface area contributed by atoms with Crippen LogP contribution in [-0.2, 0) is 6.54 Å². The van der Waals surface area contributed by atoms with Crippen LogP contribution in [0.2, 0.25) is 0 Å². The highest BCUT2D eigenvalue weighted by molar-refractivity contribution is 5.30. The number of hydrogen-bond acceptors (Lipinski definition) is 3. The van der Waals surface area contributed by atoms with Crippen molar-refractivity contribution >= 4 is 0 Å². The highest BCUT2D eigenvalue weighted by atomic mass is 19.1. The van der Waals surface area contributed by atoms with Gasteiger partial charge in [0, 0.05) is 29.9 Å². The van der Waals surface area contributed by atoms with Crippen LogP contribution in [0.1, 0.15) is 24.1 Å². The number of hydrazine groups is 1. The quantitative estimate of drug-likeness (QED) is 0.643. The molecule has 1 atom stereocenters. The van der Waals surface area contributed by atoms with E-state index in [0.29, 0.717) is 6.54 Å². The number of aromatic nitrogens is 2. The van der Waals surface area contributed by atoms with E-state index in [1.54, 1.807) is 17.1 Å². The predicted molar refractivity (Wildman–Crippen MR) is 63.4 cm³/mol. The molecule has 6 heteroatoms. The van der Waals surface area contributed by atoms with Gasteiger partial charge in [-0.1, -0.05) is 6.07 Å². The molecule has 4 nitrogen and oxygen atoms in total. The summed E-state index contributed by atoms with van der Waals surface area (Å²) >= 11 is 0. The van der Waals surface area contributed by atoms with Crippen LogP contribution >= 0.6 is 0 Å². The zero-order valence-electron chi connectivity index (χ0n) is 9.90. The van der Waals surface area contributed by atoms with Crippen LogP contribution < -0.4 is 11.3 Å². The lowest BCUT2D eigenvalue weighted by molar-refractivity contribution is 0.541. The van der Waals surface area contributed by atoms with Gasteiger partial charge in [0.15, 0.2) is 0 Å². The molecule has 1 aromatic carbocycles. The number of hydrogen-bond donors (Lipinski definition) is 2. The van der Waals surface area contributed by atoms with E-state index in [1.807, 2.05) is 6.92 Å². The van der Waals surface area contributed by atoms with Crippen LogP contribution in [0, 0.1) is 11.6 Å².